The highest BCUT2D eigenvalue weighted by atomic mass is 79.9. The lowest BCUT2D eigenvalue weighted by molar-refractivity contribution is 0.310. The third-order valence-corrected chi connectivity index (χ3v) is 3.56. The lowest BCUT2D eigenvalue weighted by Gasteiger charge is -2.00. The van der Waals surface area contributed by atoms with E-state index in [1.165, 1.54) is 5.56 Å². The van der Waals surface area contributed by atoms with Crippen molar-refractivity contribution in [3.8, 4) is 0 Å². The number of benzene rings is 1. The van der Waals surface area contributed by atoms with Crippen LogP contribution in [0.15, 0.2) is 34.8 Å². The normalized spacial score (nSPS) is 12.1. The van der Waals surface area contributed by atoms with Crippen molar-refractivity contribution < 1.29 is 12.6 Å². The highest BCUT2D eigenvalue weighted by Gasteiger charge is 1.99. The molecule has 1 aromatic rings. The monoisotopic (exact) mass is 346 g/mol. The molecular weight excluding hydrogens is 328 g/mol. The fourth-order valence-corrected chi connectivity index (χ4v) is 2.42. The minimum absolute atomic E-state index is 0.286. The van der Waals surface area contributed by atoms with Crippen LogP contribution in [0.2, 0.25) is 0 Å². The molecule has 0 fully saturated rings. The van der Waals surface area contributed by atoms with E-state index in [2.05, 4.69) is 44.4 Å². The molecule has 5 heteroatoms. The maximum absolute atomic E-state index is 10.7. The smallest absolute Gasteiger partial charge is 0.264 e. The maximum atomic E-state index is 10.7. The first-order chi connectivity index (χ1) is 8.97. The van der Waals surface area contributed by atoms with Gasteiger partial charge in [-0.1, -0.05) is 46.6 Å². The van der Waals surface area contributed by atoms with Crippen molar-refractivity contribution in [2.45, 2.75) is 25.7 Å². The van der Waals surface area contributed by atoms with Crippen molar-refractivity contribution in [1.82, 2.24) is 0 Å². The number of hydrogen-bond donors (Lipinski definition) is 0. The highest BCUT2D eigenvalue weighted by Crippen LogP contribution is 2.13. The van der Waals surface area contributed by atoms with E-state index in [1.807, 2.05) is 12.1 Å². The molecule has 0 aliphatic carbocycles. The Morgan fingerprint density at radius 1 is 1.26 bits per heavy atom. The zero-order valence-corrected chi connectivity index (χ0v) is 13.4. The molecule has 0 radical (unpaired) electrons. The second-order valence-corrected chi connectivity index (χ2v) is 6.89. The summed E-state index contributed by atoms with van der Waals surface area (Å²) < 4.78 is 27.2. The van der Waals surface area contributed by atoms with Crippen LogP contribution in [0.3, 0.4) is 0 Å². The van der Waals surface area contributed by atoms with Crippen LogP contribution in [0.25, 0.3) is 6.08 Å². The molecule has 0 N–H and O–H groups in total. The van der Waals surface area contributed by atoms with E-state index < -0.39 is 10.1 Å². The molecule has 0 aromatic heterocycles. The SMILES string of the molecule is CS(=O)(=O)OCCCCCC=Cc1cccc(Br)c1. The summed E-state index contributed by atoms with van der Waals surface area (Å²) in [7, 11) is -3.28. The average Bonchev–Trinajstić information content (AvgIpc) is 2.31. The summed E-state index contributed by atoms with van der Waals surface area (Å²) in [6, 6.07) is 8.13. The van der Waals surface area contributed by atoms with Crippen LogP contribution in [-0.4, -0.2) is 21.3 Å². The van der Waals surface area contributed by atoms with Gasteiger partial charge in [-0.3, -0.25) is 4.18 Å². The van der Waals surface area contributed by atoms with Gasteiger partial charge < -0.3 is 0 Å². The average molecular weight is 347 g/mol. The first-order valence-electron chi connectivity index (χ1n) is 6.24. The Morgan fingerprint density at radius 2 is 2.05 bits per heavy atom. The van der Waals surface area contributed by atoms with Gasteiger partial charge in [0, 0.05) is 4.47 Å². The summed E-state index contributed by atoms with van der Waals surface area (Å²) in [5.74, 6) is 0. The van der Waals surface area contributed by atoms with Crippen molar-refractivity contribution >= 4 is 32.1 Å². The molecule has 0 amide bonds. The van der Waals surface area contributed by atoms with Crippen molar-refractivity contribution in [3.05, 3.63) is 40.4 Å². The molecule has 0 saturated carbocycles. The third kappa shape index (κ3) is 8.97. The maximum Gasteiger partial charge on any atom is 0.264 e. The summed E-state index contributed by atoms with van der Waals surface area (Å²) in [6.07, 6.45) is 9.09. The number of rotatable bonds is 8. The molecule has 0 unspecified atom stereocenters. The van der Waals surface area contributed by atoms with Gasteiger partial charge >= 0.3 is 0 Å². The zero-order chi connectivity index (χ0) is 14.1. The first-order valence-corrected chi connectivity index (χ1v) is 8.85. The van der Waals surface area contributed by atoms with E-state index in [9.17, 15) is 8.42 Å². The predicted molar refractivity (Wildman–Crippen MR) is 82.4 cm³/mol. The second-order valence-electron chi connectivity index (χ2n) is 4.33. The molecule has 0 saturated heterocycles. The zero-order valence-electron chi connectivity index (χ0n) is 11.0. The van der Waals surface area contributed by atoms with Gasteiger partial charge in [0.15, 0.2) is 0 Å². The molecule has 3 nitrogen and oxygen atoms in total. The summed E-state index contributed by atoms with van der Waals surface area (Å²) >= 11 is 3.43. The van der Waals surface area contributed by atoms with Gasteiger partial charge in [0.05, 0.1) is 12.9 Å². The number of halogens is 1. The van der Waals surface area contributed by atoms with Crippen molar-refractivity contribution in [2.24, 2.45) is 0 Å². The summed E-state index contributed by atoms with van der Waals surface area (Å²) in [5.41, 5.74) is 1.18. The standard InChI is InChI=1S/C14H19BrO3S/c1-19(16,17)18-11-6-4-2-3-5-8-13-9-7-10-14(15)12-13/h5,7-10,12H,2-4,6,11H2,1H3. The van der Waals surface area contributed by atoms with Gasteiger partial charge in [0.25, 0.3) is 10.1 Å². The van der Waals surface area contributed by atoms with E-state index in [1.54, 1.807) is 0 Å². The van der Waals surface area contributed by atoms with Crippen LogP contribution < -0.4 is 0 Å². The fourth-order valence-electron chi connectivity index (χ4n) is 1.58. The molecule has 0 bridgehead atoms. The van der Waals surface area contributed by atoms with E-state index in [0.29, 0.717) is 0 Å². The quantitative estimate of drug-likeness (QED) is 0.527. The Hall–Kier alpha value is -0.650. The molecule has 19 heavy (non-hydrogen) atoms. The second kappa shape index (κ2) is 8.51. The van der Waals surface area contributed by atoms with Gasteiger partial charge in [0.1, 0.15) is 0 Å². The van der Waals surface area contributed by atoms with Crippen LogP contribution in [0.5, 0.6) is 0 Å². The number of hydrogen-bond acceptors (Lipinski definition) is 3. The molecular formula is C14H19BrO3S. The number of unbranched alkanes of at least 4 members (excludes halogenated alkanes) is 3. The van der Waals surface area contributed by atoms with Crippen molar-refractivity contribution in [3.63, 3.8) is 0 Å². The largest absolute Gasteiger partial charge is 0.270 e. The molecule has 0 spiro atoms. The van der Waals surface area contributed by atoms with Gasteiger partial charge in [-0.05, 0) is 37.0 Å². The Morgan fingerprint density at radius 3 is 2.74 bits per heavy atom. The molecule has 0 atom stereocenters. The highest BCUT2D eigenvalue weighted by molar-refractivity contribution is 9.10. The van der Waals surface area contributed by atoms with Gasteiger partial charge in [0.2, 0.25) is 0 Å². The van der Waals surface area contributed by atoms with E-state index in [4.69, 9.17) is 0 Å². The Labute approximate surface area is 123 Å². The summed E-state index contributed by atoms with van der Waals surface area (Å²) in [5, 5.41) is 0. The van der Waals surface area contributed by atoms with Crippen LogP contribution in [-0.2, 0) is 14.3 Å². The predicted octanol–water partition coefficient (Wildman–Crippen LogP) is 4.00. The first kappa shape index (κ1) is 16.4. The Bertz CT molecular complexity index is 509. The van der Waals surface area contributed by atoms with Crippen LogP contribution in [0.4, 0.5) is 0 Å². The lowest BCUT2D eigenvalue weighted by atomic mass is 10.1. The van der Waals surface area contributed by atoms with Gasteiger partial charge in [-0.15, -0.1) is 0 Å². The van der Waals surface area contributed by atoms with Gasteiger partial charge in [-0.25, -0.2) is 0 Å². The topological polar surface area (TPSA) is 43.4 Å². The summed E-state index contributed by atoms with van der Waals surface area (Å²) in [4.78, 5) is 0. The third-order valence-electron chi connectivity index (χ3n) is 2.47. The van der Waals surface area contributed by atoms with Crippen LogP contribution in [0.1, 0.15) is 31.2 Å². The minimum Gasteiger partial charge on any atom is -0.270 e. The minimum atomic E-state index is -3.28. The van der Waals surface area contributed by atoms with Crippen molar-refractivity contribution in [1.29, 1.82) is 0 Å². The Kier molecular flexibility index (Phi) is 7.34. The molecule has 1 rings (SSSR count). The van der Waals surface area contributed by atoms with E-state index in [0.717, 1.165) is 36.4 Å². The molecule has 106 valence electrons. The molecule has 1 aromatic carbocycles. The van der Waals surface area contributed by atoms with Crippen LogP contribution >= 0.6 is 15.9 Å². The summed E-state index contributed by atoms with van der Waals surface area (Å²) in [6.45, 7) is 0.286. The van der Waals surface area contributed by atoms with Crippen molar-refractivity contribution in [2.75, 3.05) is 12.9 Å². The van der Waals surface area contributed by atoms with Gasteiger partial charge in [-0.2, -0.15) is 8.42 Å². The van der Waals surface area contributed by atoms with E-state index >= 15 is 0 Å². The molecule has 0 heterocycles. The van der Waals surface area contributed by atoms with Crippen LogP contribution in [0, 0.1) is 0 Å². The van der Waals surface area contributed by atoms with E-state index in [-0.39, 0.29) is 6.61 Å². The molecule has 0 aliphatic rings. The Balaban J connectivity index is 2.11. The number of allylic oxidation sites excluding steroid dienone is 1. The molecule has 0 aliphatic heterocycles. The fraction of sp³-hybridized carbons (Fsp3) is 0.429. The lowest BCUT2D eigenvalue weighted by Crippen LogP contribution is -2.03.